The Bertz CT molecular complexity index is 1190. The molecule has 0 heterocycles. The Balaban J connectivity index is 6.21. The van der Waals surface area contributed by atoms with E-state index in [2.05, 4.69) is 117 Å². The summed E-state index contributed by atoms with van der Waals surface area (Å²) < 4.78 is 0. The van der Waals surface area contributed by atoms with Gasteiger partial charge in [-0.3, -0.25) is 0 Å². The summed E-state index contributed by atoms with van der Waals surface area (Å²) >= 11 is 0. The standard InChI is InChI=1S/C44H74O6/c1-21-23-29-35(39(9,10)31-25-27-33-41(13,14)47-45-37(3,4)5)43(17,18)49-50-44(19,20)36(30-24-22-2)40(11,12)32-26-28-34-42(15,16)48-46-38(6,7)8/h35-36H,21-24,29-30H2,1-20H3. The third-order valence-electron chi connectivity index (χ3n) is 8.21. The highest BCUT2D eigenvalue weighted by Crippen LogP contribution is 2.44. The van der Waals surface area contributed by atoms with Crippen LogP contribution in [0.4, 0.5) is 0 Å². The van der Waals surface area contributed by atoms with Gasteiger partial charge in [-0.2, -0.15) is 0 Å². The Morgan fingerprint density at radius 3 is 0.920 bits per heavy atom. The third-order valence-corrected chi connectivity index (χ3v) is 8.21. The first-order valence-corrected chi connectivity index (χ1v) is 18.6. The van der Waals surface area contributed by atoms with E-state index in [-0.39, 0.29) is 11.8 Å². The van der Waals surface area contributed by atoms with Gasteiger partial charge >= 0.3 is 0 Å². The summed E-state index contributed by atoms with van der Waals surface area (Å²) in [6.45, 7) is 40.6. The van der Waals surface area contributed by atoms with E-state index in [1.807, 2.05) is 69.2 Å². The molecule has 0 radical (unpaired) electrons. The maximum Gasteiger partial charge on any atom is 0.159 e. The Kier molecular flexibility index (Phi) is 18.4. The summed E-state index contributed by atoms with van der Waals surface area (Å²) in [5, 5.41) is 0. The van der Waals surface area contributed by atoms with Gasteiger partial charge in [0.25, 0.3) is 0 Å². The number of rotatable bonds is 17. The van der Waals surface area contributed by atoms with Crippen molar-refractivity contribution in [2.45, 2.75) is 211 Å². The van der Waals surface area contributed by atoms with Crippen molar-refractivity contribution in [1.82, 2.24) is 0 Å². The van der Waals surface area contributed by atoms with Crippen LogP contribution in [0.1, 0.15) is 177 Å². The summed E-state index contributed by atoms with van der Waals surface area (Å²) in [6, 6.07) is 0. The van der Waals surface area contributed by atoms with Gasteiger partial charge in [-0.15, -0.1) is 0 Å². The molecule has 2 atom stereocenters. The molecule has 0 rings (SSSR count). The molecule has 0 aromatic carbocycles. The molecule has 0 bridgehead atoms. The zero-order valence-electron chi connectivity index (χ0n) is 35.8. The number of hydrogen-bond acceptors (Lipinski definition) is 6. The van der Waals surface area contributed by atoms with Crippen molar-refractivity contribution in [2.24, 2.45) is 22.7 Å². The molecule has 0 aromatic rings. The van der Waals surface area contributed by atoms with Gasteiger partial charge in [0.05, 0.1) is 11.2 Å². The van der Waals surface area contributed by atoms with Gasteiger partial charge in [-0.1, -0.05) is 63.2 Å². The lowest BCUT2D eigenvalue weighted by atomic mass is 9.68. The second-order valence-corrected chi connectivity index (χ2v) is 18.8. The van der Waals surface area contributed by atoms with Gasteiger partial charge < -0.3 is 0 Å². The molecular weight excluding hydrogens is 624 g/mol. The first-order chi connectivity index (χ1) is 22.4. The molecule has 0 saturated heterocycles. The van der Waals surface area contributed by atoms with Crippen LogP contribution >= 0.6 is 0 Å². The van der Waals surface area contributed by atoms with Gasteiger partial charge in [0.2, 0.25) is 0 Å². The van der Waals surface area contributed by atoms with Crippen molar-refractivity contribution < 1.29 is 29.3 Å². The van der Waals surface area contributed by atoms with Crippen LogP contribution in [0.5, 0.6) is 0 Å². The molecule has 0 N–H and O–H groups in total. The predicted molar refractivity (Wildman–Crippen MR) is 207 cm³/mol. The first kappa shape index (κ1) is 48.0. The summed E-state index contributed by atoms with van der Waals surface area (Å²) in [7, 11) is 0. The largest absolute Gasteiger partial charge is 0.230 e. The van der Waals surface area contributed by atoms with E-state index in [0.29, 0.717) is 0 Å². The molecule has 6 nitrogen and oxygen atoms in total. The van der Waals surface area contributed by atoms with Crippen LogP contribution in [0.25, 0.3) is 0 Å². The van der Waals surface area contributed by atoms with Gasteiger partial charge in [-0.25, -0.2) is 29.3 Å². The zero-order chi connectivity index (χ0) is 39.3. The minimum atomic E-state index is -0.791. The molecule has 0 aliphatic carbocycles. The van der Waals surface area contributed by atoms with Gasteiger partial charge in [0.1, 0.15) is 11.2 Å². The lowest BCUT2D eigenvalue weighted by molar-refractivity contribution is -0.424. The SMILES string of the molecule is CCCCC(C(C)(C)C#CC#CC(C)(C)OOC(C)(C)C)C(C)(C)OOC(C)(C)C(CCCC)C(C)(C)C#CC#CC(C)(C)OOC(C)(C)C. The van der Waals surface area contributed by atoms with E-state index >= 15 is 0 Å². The van der Waals surface area contributed by atoms with E-state index < -0.39 is 44.4 Å². The Hall–Kier alpha value is -2.00. The van der Waals surface area contributed by atoms with Crippen LogP contribution in [0.2, 0.25) is 0 Å². The van der Waals surface area contributed by atoms with E-state index in [4.69, 9.17) is 29.3 Å². The summed E-state index contributed by atoms with van der Waals surface area (Å²) in [6.07, 6.45) is 6.12. The third kappa shape index (κ3) is 19.6. The second-order valence-electron chi connectivity index (χ2n) is 18.8. The monoisotopic (exact) mass is 699 g/mol. The number of hydrogen-bond donors (Lipinski definition) is 0. The van der Waals surface area contributed by atoms with Crippen LogP contribution in [0.15, 0.2) is 0 Å². The Morgan fingerprint density at radius 1 is 0.380 bits per heavy atom. The summed E-state index contributed by atoms with van der Waals surface area (Å²) in [4.78, 5) is 35.1. The molecule has 0 amide bonds. The molecule has 0 fully saturated rings. The maximum atomic E-state index is 6.50. The van der Waals surface area contributed by atoms with Crippen LogP contribution in [-0.4, -0.2) is 33.6 Å². The molecule has 0 aliphatic heterocycles. The van der Waals surface area contributed by atoms with Crippen LogP contribution < -0.4 is 0 Å². The molecular formula is C44H74O6. The molecule has 0 saturated carbocycles. The maximum absolute atomic E-state index is 6.50. The van der Waals surface area contributed by atoms with Crippen LogP contribution in [-0.2, 0) is 29.3 Å². The average Bonchev–Trinajstić information content (AvgIpc) is 2.94. The van der Waals surface area contributed by atoms with Gasteiger partial charge in [0, 0.05) is 22.7 Å². The normalized spacial score (nSPS) is 14.6. The minimum Gasteiger partial charge on any atom is -0.230 e. The topological polar surface area (TPSA) is 55.4 Å². The van der Waals surface area contributed by atoms with Gasteiger partial charge in [-0.05, 0) is 161 Å². The fraction of sp³-hybridized carbons (Fsp3) is 0.818. The summed E-state index contributed by atoms with van der Waals surface area (Å²) in [5.74, 6) is 25.4. The van der Waals surface area contributed by atoms with Crippen molar-refractivity contribution in [3.8, 4) is 47.4 Å². The molecule has 0 spiro atoms. The summed E-state index contributed by atoms with van der Waals surface area (Å²) in [5.41, 5.74) is -4.53. The van der Waals surface area contributed by atoms with Crippen molar-refractivity contribution in [2.75, 3.05) is 0 Å². The van der Waals surface area contributed by atoms with Gasteiger partial charge in [0.15, 0.2) is 11.2 Å². The van der Waals surface area contributed by atoms with Crippen molar-refractivity contribution in [1.29, 1.82) is 0 Å². The highest BCUT2D eigenvalue weighted by Gasteiger charge is 2.46. The quantitative estimate of drug-likeness (QED) is 0.0856. The van der Waals surface area contributed by atoms with E-state index in [0.717, 1.165) is 38.5 Å². The van der Waals surface area contributed by atoms with Crippen LogP contribution in [0.3, 0.4) is 0 Å². The fourth-order valence-corrected chi connectivity index (χ4v) is 5.72. The highest BCUT2D eigenvalue weighted by molar-refractivity contribution is 5.32. The van der Waals surface area contributed by atoms with Crippen LogP contribution in [0, 0.1) is 70.0 Å². The second kappa shape index (κ2) is 19.2. The van der Waals surface area contributed by atoms with E-state index in [1.165, 1.54) is 0 Å². The average molecular weight is 699 g/mol. The highest BCUT2D eigenvalue weighted by atomic mass is 17.2. The molecule has 0 aliphatic rings. The van der Waals surface area contributed by atoms with E-state index in [1.54, 1.807) is 0 Å². The lowest BCUT2D eigenvalue weighted by Gasteiger charge is -2.45. The fourth-order valence-electron chi connectivity index (χ4n) is 5.72. The number of unbranched alkanes of at least 4 members (excludes halogenated alkanes) is 2. The van der Waals surface area contributed by atoms with E-state index in [9.17, 15) is 0 Å². The van der Waals surface area contributed by atoms with Crippen molar-refractivity contribution in [3.63, 3.8) is 0 Å². The smallest absolute Gasteiger partial charge is 0.159 e. The predicted octanol–water partition coefficient (Wildman–Crippen LogP) is 11.2. The van der Waals surface area contributed by atoms with Crippen molar-refractivity contribution >= 4 is 0 Å². The lowest BCUT2D eigenvalue weighted by Crippen LogP contribution is -2.48. The zero-order valence-corrected chi connectivity index (χ0v) is 35.8. The molecule has 0 aromatic heterocycles. The Labute approximate surface area is 309 Å². The first-order valence-electron chi connectivity index (χ1n) is 18.6. The molecule has 286 valence electrons. The molecule has 50 heavy (non-hydrogen) atoms. The molecule has 6 heteroatoms. The minimum absolute atomic E-state index is 0.0681. The Morgan fingerprint density at radius 2 is 0.660 bits per heavy atom. The molecule has 2 unspecified atom stereocenters. The van der Waals surface area contributed by atoms with Crippen molar-refractivity contribution in [3.05, 3.63) is 0 Å².